The third kappa shape index (κ3) is 2.00. The van der Waals surface area contributed by atoms with E-state index in [4.69, 9.17) is 0 Å². The molecular weight excluding hydrogens is 295 g/mol. The summed E-state index contributed by atoms with van der Waals surface area (Å²) in [6.45, 7) is 1.89. The third-order valence-corrected chi connectivity index (χ3v) is 7.08. The summed E-state index contributed by atoms with van der Waals surface area (Å²) in [6, 6.07) is 6.30. The molecule has 0 amide bonds. The molecule has 0 aliphatic heterocycles. The zero-order valence-corrected chi connectivity index (χ0v) is 13.3. The van der Waals surface area contributed by atoms with Gasteiger partial charge in [0.05, 0.1) is 12.0 Å². The van der Waals surface area contributed by atoms with E-state index < -0.39 is 17.0 Å². The van der Waals surface area contributed by atoms with Gasteiger partial charge in [-0.2, -0.15) is 0 Å². The van der Waals surface area contributed by atoms with Crippen LogP contribution in [0.25, 0.3) is 0 Å². The summed E-state index contributed by atoms with van der Waals surface area (Å²) in [5.74, 6) is -0.0642. The standard InChI is InChI=1S/C19H23FO3/c1-18(23)13-6-11-7-14(9-13)19(10-17(21)22,16(18)8-11)12-2-4-15(20)5-3-12/h2-5,11,13-14,16,23H,6-10H2,1H3,(H,21,22)/t11?,13?,14?,16?,18-,19+/m0/s1. The van der Waals surface area contributed by atoms with Crippen LogP contribution in [0.4, 0.5) is 4.39 Å². The molecule has 0 radical (unpaired) electrons. The number of carbonyl (C=O) groups is 1. The lowest BCUT2D eigenvalue weighted by molar-refractivity contribution is -0.207. The molecule has 0 spiro atoms. The Morgan fingerprint density at radius 2 is 1.83 bits per heavy atom. The molecule has 5 rings (SSSR count). The molecule has 4 aliphatic carbocycles. The van der Waals surface area contributed by atoms with Crippen LogP contribution in [0.5, 0.6) is 0 Å². The molecule has 4 fully saturated rings. The van der Waals surface area contributed by atoms with Gasteiger partial charge < -0.3 is 10.2 Å². The Kier molecular flexibility index (Phi) is 3.15. The Hall–Kier alpha value is -1.42. The van der Waals surface area contributed by atoms with Gasteiger partial charge in [0.2, 0.25) is 0 Å². The summed E-state index contributed by atoms with van der Waals surface area (Å²) in [4.78, 5) is 11.7. The topological polar surface area (TPSA) is 57.5 Å². The van der Waals surface area contributed by atoms with Crippen LogP contribution < -0.4 is 0 Å². The molecule has 23 heavy (non-hydrogen) atoms. The van der Waals surface area contributed by atoms with Crippen LogP contribution in [0, 0.1) is 29.5 Å². The quantitative estimate of drug-likeness (QED) is 0.898. The number of hydrogen-bond donors (Lipinski definition) is 2. The van der Waals surface area contributed by atoms with Gasteiger partial charge in [-0.25, -0.2) is 4.39 Å². The van der Waals surface area contributed by atoms with Gasteiger partial charge in [-0.3, -0.25) is 4.79 Å². The number of halogens is 1. The molecule has 4 saturated carbocycles. The van der Waals surface area contributed by atoms with Crippen LogP contribution in [0.15, 0.2) is 24.3 Å². The molecule has 4 aliphatic rings. The van der Waals surface area contributed by atoms with Crippen LogP contribution in [0.1, 0.15) is 44.6 Å². The number of rotatable bonds is 3. The van der Waals surface area contributed by atoms with Gasteiger partial charge in [-0.15, -0.1) is 0 Å². The minimum Gasteiger partial charge on any atom is -0.481 e. The van der Waals surface area contributed by atoms with E-state index in [1.54, 1.807) is 12.1 Å². The number of benzene rings is 1. The smallest absolute Gasteiger partial charge is 0.304 e. The van der Waals surface area contributed by atoms with E-state index >= 15 is 0 Å². The Morgan fingerprint density at radius 1 is 1.17 bits per heavy atom. The minimum absolute atomic E-state index is 0.0174. The second kappa shape index (κ2) is 4.79. The fraction of sp³-hybridized carbons (Fsp3) is 0.632. The lowest BCUT2D eigenvalue weighted by Gasteiger charge is -2.67. The minimum atomic E-state index is -0.836. The van der Waals surface area contributed by atoms with Gasteiger partial charge in [-0.1, -0.05) is 12.1 Å². The highest BCUT2D eigenvalue weighted by Crippen LogP contribution is 2.67. The molecule has 6 atom stereocenters. The summed E-state index contributed by atoms with van der Waals surface area (Å²) in [6.07, 6.45) is 3.87. The maximum absolute atomic E-state index is 13.4. The SMILES string of the molecule is C[C@]1(O)C2CC3CC(C2)[C@@](CC(=O)O)(c2ccc(F)cc2)C1C3. The first kappa shape index (κ1) is 15.1. The highest BCUT2D eigenvalue weighted by Gasteiger charge is 2.66. The van der Waals surface area contributed by atoms with Crippen molar-refractivity contribution in [3.8, 4) is 0 Å². The molecule has 1 aromatic carbocycles. The second-order valence-electron chi connectivity index (χ2n) is 8.10. The van der Waals surface area contributed by atoms with Gasteiger partial charge in [0.25, 0.3) is 0 Å². The Bertz CT molecular complexity index is 639. The summed E-state index contributed by atoms with van der Waals surface area (Å²) >= 11 is 0. The van der Waals surface area contributed by atoms with E-state index in [9.17, 15) is 19.4 Å². The van der Waals surface area contributed by atoms with Gasteiger partial charge in [-0.05, 0) is 74.0 Å². The van der Waals surface area contributed by atoms with Crippen LogP contribution in [0.3, 0.4) is 0 Å². The van der Waals surface area contributed by atoms with Gasteiger partial charge in [0, 0.05) is 5.41 Å². The van der Waals surface area contributed by atoms with Crippen molar-refractivity contribution in [2.75, 3.05) is 0 Å². The third-order valence-electron chi connectivity index (χ3n) is 7.08. The van der Waals surface area contributed by atoms with Gasteiger partial charge in [0.1, 0.15) is 5.82 Å². The summed E-state index contributed by atoms with van der Waals surface area (Å²) in [5.41, 5.74) is -0.524. The normalized spacial score (nSPS) is 44.5. The molecule has 4 heteroatoms. The lowest BCUT2D eigenvalue weighted by Crippen LogP contribution is -2.67. The van der Waals surface area contributed by atoms with Crippen molar-refractivity contribution in [3.63, 3.8) is 0 Å². The van der Waals surface area contributed by atoms with E-state index in [0.717, 1.165) is 31.2 Å². The van der Waals surface area contributed by atoms with Crippen molar-refractivity contribution in [2.45, 2.75) is 50.0 Å². The molecule has 4 bridgehead atoms. The van der Waals surface area contributed by atoms with Crippen LogP contribution in [-0.4, -0.2) is 21.8 Å². The molecule has 124 valence electrons. The predicted octanol–water partition coefficient (Wildman–Crippen LogP) is 3.36. The van der Waals surface area contributed by atoms with Gasteiger partial charge in [0.15, 0.2) is 0 Å². The van der Waals surface area contributed by atoms with Crippen molar-refractivity contribution in [2.24, 2.45) is 23.7 Å². The lowest BCUT2D eigenvalue weighted by atomic mass is 9.39. The average molecular weight is 318 g/mol. The fourth-order valence-corrected chi connectivity index (χ4v) is 6.22. The van der Waals surface area contributed by atoms with E-state index in [-0.39, 0.29) is 30.0 Å². The molecule has 0 saturated heterocycles. The largest absolute Gasteiger partial charge is 0.481 e. The zero-order valence-electron chi connectivity index (χ0n) is 13.3. The molecule has 2 N–H and O–H groups in total. The first-order valence-corrected chi connectivity index (χ1v) is 8.54. The first-order chi connectivity index (χ1) is 10.8. The number of aliphatic hydroxyl groups is 1. The molecule has 0 aromatic heterocycles. The predicted molar refractivity (Wildman–Crippen MR) is 83.4 cm³/mol. The monoisotopic (exact) mass is 318 g/mol. The van der Waals surface area contributed by atoms with Crippen LogP contribution in [-0.2, 0) is 10.2 Å². The highest BCUT2D eigenvalue weighted by atomic mass is 19.1. The van der Waals surface area contributed by atoms with Gasteiger partial charge >= 0.3 is 5.97 Å². The number of hydrogen-bond acceptors (Lipinski definition) is 2. The van der Waals surface area contributed by atoms with Crippen LogP contribution in [0.2, 0.25) is 0 Å². The Balaban J connectivity index is 1.88. The van der Waals surface area contributed by atoms with Crippen molar-refractivity contribution < 1.29 is 19.4 Å². The zero-order chi connectivity index (χ0) is 16.4. The number of carboxylic acids is 1. The fourth-order valence-electron chi connectivity index (χ4n) is 6.22. The second-order valence-corrected chi connectivity index (χ2v) is 8.10. The maximum atomic E-state index is 13.4. The number of carboxylic acid groups (broad SMARTS) is 1. The maximum Gasteiger partial charge on any atom is 0.304 e. The van der Waals surface area contributed by atoms with E-state index in [1.165, 1.54) is 12.1 Å². The van der Waals surface area contributed by atoms with Crippen molar-refractivity contribution >= 4 is 5.97 Å². The molecule has 4 unspecified atom stereocenters. The summed E-state index contributed by atoms with van der Waals surface area (Å²) < 4.78 is 13.4. The highest BCUT2D eigenvalue weighted by molar-refractivity contribution is 5.69. The van der Waals surface area contributed by atoms with E-state index in [2.05, 4.69) is 0 Å². The molecule has 0 heterocycles. The molecule has 1 aromatic rings. The summed E-state index contributed by atoms with van der Waals surface area (Å²) in [5, 5.41) is 20.8. The van der Waals surface area contributed by atoms with E-state index in [1.807, 2.05) is 6.92 Å². The Labute approximate surface area is 135 Å². The number of aliphatic carboxylic acids is 1. The average Bonchev–Trinajstić information content (AvgIpc) is 2.48. The first-order valence-electron chi connectivity index (χ1n) is 8.54. The van der Waals surface area contributed by atoms with Crippen LogP contribution >= 0.6 is 0 Å². The molecule has 3 nitrogen and oxygen atoms in total. The Morgan fingerprint density at radius 3 is 2.48 bits per heavy atom. The van der Waals surface area contributed by atoms with Crippen molar-refractivity contribution in [3.05, 3.63) is 35.6 Å². The van der Waals surface area contributed by atoms with Crippen molar-refractivity contribution in [1.82, 2.24) is 0 Å². The summed E-state index contributed by atoms with van der Waals surface area (Å²) in [7, 11) is 0. The molecular formula is C19H23FO3. The van der Waals surface area contributed by atoms with Crippen molar-refractivity contribution in [1.29, 1.82) is 0 Å². The van der Waals surface area contributed by atoms with E-state index in [0.29, 0.717) is 5.92 Å².